The first-order valence-corrected chi connectivity index (χ1v) is 10.7. The van der Waals surface area contributed by atoms with E-state index in [0.29, 0.717) is 12.1 Å². The molecule has 0 aliphatic carbocycles. The molecule has 25 heavy (non-hydrogen) atoms. The minimum atomic E-state index is 0.423. The largest absolute Gasteiger partial charge is 0.357 e. The summed E-state index contributed by atoms with van der Waals surface area (Å²) in [4.78, 5) is 11.4. The average molecular weight is 364 g/mol. The van der Waals surface area contributed by atoms with Gasteiger partial charge in [-0.15, -0.1) is 11.3 Å². The van der Waals surface area contributed by atoms with E-state index in [-0.39, 0.29) is 0 Å². The lowest BCUT2D eigenvalue weighted by molar-refractivity contribution is 0.255. The summed E-state index contributed by atoms with van der Waals surface area (Å²) in [5, 5.41) is 9.17. The Hall–Kier alpha value is -1.11. The maximum atomic E-state index is 4.94. The van der Waals surface area contributed by atoms with Gasteiger partial charge in [0.15, 0.2) is 5.96 Å². The lowest BCUT2D eigenvalue weighted by atomic mass is 10.2. The second-order valence-corrected chi connectivity index (χ2v) is 8.13. The van der Waals surface area contributed by atoms with Crippen molar-refractivity contribution < 1.29 is 0 Å². The molecule has 1 aromatic rings. The summed E-state index contributed by atoms with van der Waals surface area (Å²) in [6, 6.07) is 5.48. The molecule has 2 N–H and O–H groups in total. The van der Waals surface area contributed by atoms with Crippen LogP contribution in [-0.2, 0) is 0 Å². The van der Waals surface area contributed by atoms with Crippen molar-refractivity contribution in [2.24, 2.45) is 4.99 Å². The second-order valence-electron chi connectivity index (χ2n) is 7.15. The summed E-state index contributed by atoms with van der Waals surface area (Å²) in [6.07, 6.45) is 5.23. The molecule has 2 aliphatic rings. The Morgan fingerprint density at radius 1 is 1.28 bits per heavy atom. The fourth-order valence-corrected chi connectivity index (χ4v) is 4.74. The number of likely N-dealkylation sites (N-methyl/N-ethyl adjacent to an activating group) is 1. The molecule has 2 saturated heterocycles. The van der Waals surface area contributed by atoms with Gasteiger partial charge in [0.1, 0.15) is 0 Å². The number of hydrogen-bond acceptors (Lipinski definition) is 4. The van der Waals surface area contributed by atoms with E-state index in [1.165, 1.54) is 50.2 Å². The predicted molar refractivity (Wildman–Crippen MR) is 108 cm³/mol. The van der Waals surface area contributed by atoms with E-state index in [1.807, 2.05) is 11.3 Å². The minimum absolute atomic E-state index is 0.423. The maximum Gasteiger partial charge on any atom is 0.191 e. The SMILES string of the molecule is CCNC(=NCC(c1cccs1)N1CCCC1)NCC1CCCN1C. The first kappa shape index (κ1) is 18.7. The fourth-order valence-electron chi connectivity index (χ4n) is 3.89. The summed E-state index contributed by atoms with van der Waals surface area (Å²) in [5.41, 5.74) is 0. The van der Waals surface area contributed by atoms with Crippen LogP contribution in [-0.4, -0.2) is 68.1 Å². The summed E-state index contributed by atoms with van der Waals surface area (Å²) < 4.78 is 0. The van der Waals surface area contributed by atoms with Crippen molar-refractivity contribution in [3.8, 4) is 0 Å². The van der Waals surface area contributed by atoms with Crippen LogP contribution in [0.1, 0.15) is 43.5 Å². The molecule has 0 radical (unpaired) electrons. The molecule has 0 bridgehead atoms. The first-order chi connectivity index (χ1) is 12.3. The van der Waals surface area contributed by atoms with E-state index in [2.05, 4.69) is 51.9 Å². The fraction of sp³-hybridized carbons (Fsp3) is 0.737. The molecule has 140 valence electrons. The van der Waals surface area contributed by atoms with Crippen molar-refractivity contribution >= 4 is 17.3 Å². The van der Waals surface area contributed by atoms with Crippen LogP contribution in [0.3, 0.4) is 0 Å². The van der Waals surface area contributed by atoms with Gasteiger partial charge >= 0.3 is 0 Å². The molecule has 5 nitrogen and oxygen atoms in total. The zero-order valence-electron chi connectivity index (χ0n) is 15.7. The molecule has 6 heteroatoms. The maximum absolute atomic E-state index is 4.94. The third kappa shape index (κ3) is 5.19. The van der Waals surface area contributed by atoms with Crippen LogP contribution < -0.4 is 10.6 Å². The molecule has 0 spiro atoms. The molecule has 2 unspecified atom stereocenters. The Morgan fingerprint density at radius 2 is 2.12 bits per heavy atom. The smallest absolute Gasteiger partial charge is 0.191 e. The average Bonchev–Trinajstić information content (AvgIpc) is 3.36. The van der Waals surface area contributed by atoms with Crippen LogP contribution in [0.2, 0.25) is 0 Å². The highest BCUT2D eigenvalue weighted by Gasteiger charge is 2.24. The van der Waals surface area contributed by atoms with Gasteiger partial charge in [-0.3, -0.25) is 9.89 Å². The van der Waals surface area contributed by atoms with E-state index in [9.17, 15) is 0 Å². The number of nitrogens with zero attached hydrogens (tertiary/aromatic N) is 3. The number of likely N-dealkylation sites (tertiary alicyclic amines) is 2. The normalized spacial score (nSPS) is 23.9. The highest BCUT2D eigenvalue weighted by atomic mass is 32.1. The van der Waals surface area contributed by atoms with E-state index >= 15 is 0 Å². The predicted octanol–water partition coefficient (Wildman–Crippen LogP) is 2.53. The first-order valence-electron chi connectivity index (χ1n) is 9.77. The Morgan fingerprint density at radius 3 is 2.76 bits per heavy atom. The zero-order chi connectivity index (χ0) is 17.5. The molecule has 0 aromatic carbocycles. The number of thiophene rings is 1. The number of nitrogens with one attached hydrogen (secondary N) is 2. The Bertz CT molecular complexity index is 524. The zero-order valence-corrected chi connectivity index (χ0v) is 16.5. The van der Waals surface area contributed by atoms with Gasteiger partial charge in [0.05, 0.1) is 12.6 Å². The second kappa shape index (κ2) is 9.55. The Balaban J connectivity index is 1.61. The summed E-state index contributed by atoms with van der Waals surface area (Å²) in [6.45, 7) is 8.47. The number of guanidine groups is 1. The number of rotatable bonds is 7. The summed E-state index contributed by atoms with van der Waals surface area (Å²) in [5.74, 6) is 0.962. The standard InChI is InChI=1S/C19H33N5S/c1-3-20-19(21-14-16-8-6-10-23(16)2)22-15-17(18-9-7-13-25-18)24-11-4-5-12-24/h7,9,13,16-17H,3-6,8,10-12,14-15H2,1-2H3,(H2,20,21,22). The van der Waals surface area contributed by atoms with Crippen LogP contribution in [0, 0.1) is 0 Å². The highest BCUT2D eigenvalue weighted by Crippen LogP contribution is 2.28. The molecule has 3 rings (SSSR count). The quantitative estimate of drug-likeness (QED) is 0.577. The lowest BCUT2D eigenvalue weighted by Crippen LogP contribution is -2.44. The van der Waals surface area contributed by atoms with Crippen molar-refractivity contribution in [2.45, 2.75) is 44.7 Å². The molecule has 3 heterocycles. The molecule has 2 aliphatic heterocycles. The van der Waals surface area contributed by atoms with E-state index in [1.54, 1.807) is 0 Å². The highest BCUT2D eigenvalue weighted by molar-refractivity contribution is 7.10. The molecule has 2 atom stereocenters. The van der Waals surface area contributed by atoms with Crippen molar-refractivity contribution in [2.75, 3.05) is 46.3 Å². The molecule has 2 fully saturated rings. The van der Waals surface area contributed by atoms with Gasteiger partial charge in [0.25, 0.3) is 0 Å². The Kier molecular flexibility index (Phi) is 7.13. The van der Waals surface area contributed by atoms with Crippen molar-refractivity contribution in [3.63, 3.8) is 0 Å². The van der Waals surface area contributed by atoms with E-state index in [0.717, 1.165) is 25.6 Å². The molecular weight excluding hydrogens is 330 g/mol. The monoisotopic (exact) mass is 363 g/mol. The van der Waals surface area contributed by atoms with Gasteiger partial charge in [0.2, 0.25) is 0 Å². The number of aliphatic imine (C=N–C) groups is 1. The van der Waals surface area contributed by atoms with E-state index < -0.39 is 0 Å². The van der Waals surface area contributed by atoms with Gasteiger partial charge in [0, 0.05) is 24.0 Å². The Labute approximate surface area is 156 Å². The van der Waals surface area contributed by atoms with Crippen LogP contribution in [0.5, 0.6) is 0 Å². The van der Waals surface area contributed by atoms with Crippen LogP contribution in [0.15, 0.2) is 22.5 Å². The van der Waals surface area contributed by atoms with E-state index in [4.69, 9.17) is 4.99 Å². The van der Waals surface area contributed by atoms with Crippen molar-refractivity contribution in [1.82, 2.24) is 20.4 Å². The van der Waals surface area contributed by atoms with Crippen LogP contribution in [0.4, 0.5) is 0 Å². The third-order valence-corrected chi connectivity index (χ3v) is 6.37. The molecular formula is C19H33N5S. The lowest BCUT2D eigenvalue weighted by Gasteiger charge is -2.26. The van der Waals surface area contributed by atoms with Gasteiger partial charge in [-0.1, -0.05) is 6.07 Å². The van der Waals surface area contributed by atoms with Crippen molar-refractivity contribution in [3.05, 3.63) is 22.4 Å². The summed E-state index contributed by atoms with van der Waals surface area (Å²) in [7, 11) is 2.23. The van der Waals surface area contributed by atoms with Crippen molar-refractivity contribution in [1.29, 1.82) is 0 Å². The molecule has 0 amide bonds. The minimum Gasteiger partial charge on any atom is -0.357 e. The van der Waals surface area contributed by atoms with Gasteiger partial charge in [-0.05, 0) is 70.7 Å². The van der Waals surface area contributed by atoms with Crippen LogP contribution in [0.25, 0.3) is 0 Å². The molecule has 1 aromatic heterocycles. The summed E-state index contributed by atoms with van der Waals surface area (Å²) >= 11 is 1.86. The third-order valence-electron chi connectivity index (χ3n) is 5.40. The molecule has 0 saturated carbocycles. The van der Waals surface area contributed by atoms with Crippen LogP contribution >= 0.6 is 11.3 Å². The van der Waals surface area contributed by atoms with Gasteiger partial charge < -0.3 is 15.5 Å². The van der Waals surface area contributed by atoms with Gasteiger partial charge in [-0.2, -0.15) is 0 Å². The van der Waals surface area contributed by atoms with Gasteiger partial charge in [-0.25, -0.2) is 0 Å². The number of hydrogen-bond donors (Lipinski definition) is 2. The topological polar surface area (TPSA) is 42.9 Å².